The number of alkyl halides is 3. The molecule has 119 valence electrons. The molecule has 2 N–H and O–H groups in total. The molecule has 0 aliphatic carbocycles. The van der Waals surface area contributed by atoms with E-state index in [-0.39, 0.29) is 6.54 Å². The quantitative estimate of drug-likeness (QED) is 0.686. The first-order chi connectivity index (χ1) is 9.83. The Labute approximate surface area is 122 Å². The highest BCUT2D eigenvalue weighted by Gasteiger charge is 2.45. The standard InChI is InChI=1S/C13H18F3N2O2S/c14-13(15,16)21(19,20)18-10-6-2-5-9-17-11-12-7-3-1-4-8-12/h1,3-4,7-8,11,17-18H,2,5-6,9-10H2. The summed E-state index contributed by atoms with van der Waals surface area (Å²) in [5.74, 6) is 0. The second-order valence-electron chi connectivity index (χ2n) is 4.41. The maximum absolute atomic E-state index is 12.0. The lowest BCUT2D eigenvalue weighted by Gasteiger charge is -2.09. The fraction of sp³-hybridized carbons (Fsp3) is 0.462. The van der Waals surface area contributed by atoms with E-state index in [1.165, 1.54) is 4.72 Å². The van der Waals surface area contributed by atoms with Crippen LogP contribution in [-0.2, 0) is 10.0 Å². The van der Waals surface area contributed by atoms with Crippen LogP contribution in [0.15, 0.2) is 30.3 Å². The highest BCUT2D eigenvalue weighted by Crippen LogP contribution is 2.21. The zero-order valence-electron chi connectivity index (χ0n) is 11.4. The van der Waals surface area contributed by atoms with E-state index in [0.29, 0.717) is 19.4 Å². The monoisotopic (exact) mass is 323 g/mol. The maximum Gasteiger partial charge on any atom is 0.511 e. The van der Waals surface area contributed by atoms with Crippen LogP contribution in [0, 0.1) is 6.54 Å². The molecule has 0 aliphatic heterocycles. The molecule has 0 aromatic heterocycles. The van der Waals surface area contributed by atoms with Crippen LogP contribution in [0.1, 0.15) is 24.8 Å². The first kappa shape index (κ1) is 17.9. The van der Waals surface area contributed by atoms with Gasteiger partial charge in [-0.1, -0.05) is 36.8 Å². The molecule has 0 saturated carbocycles. The summed E-state index contributed by atoms with van der Waals surface area (Å²) in [4.78, 5) is 0. The van der Waals surface area contributed by atoms with Crippen LogP contribution in [0.3, 0.4) is 0 Å². The van der Waals surface area contributed by atoms with Crippen LogP contribution >= 0.6 is 0 Å². The van der Waals surface area contributed by atoms with Crippen LogP contribution in [-0.4, -0.2) is 27.0 Å². The van der Waals surface area contributed by atoms with Crippen molar-refractivity contribution in [1.82, 2.24) is 10.0 Å². The van der Waals surface area contributed by atoms with E-state index in [9.17, 15) is 21.6 Å². The number of unbranched alkanes of at least 4 members (excludes halogenated alkanes) is 2. The molecule has 0 heterocycles. The number of rotatable bonds is 9. The van der Waals surface area contributed by atoms with Crippen LogP contribution in [0.2, 0.25) is 0 Å². The van der Waals surface area contributed by atoms with Crippen molar-refractivity contribution in [1.29, 1.82) is 0 Å². The molecule has 0 aliphatic rings. The van der Waals surface area contributed by atoms with Crippen molar-refractivity contribution in [2.24, 2.45) is 0 Å². The molecule has 0 amide bonds. The van der Waals surface area contributed by atoms with Crippen LogP contribution in [0.25, 0.3) is 0 Å². The third-order valence-electron chi connectivity index (χ3n) is 2.66. The van der Waals surface area contributed by atoms with Gasteiger partial charge in [0.25, 0.3) is 0 Å². The first-order valence-electron chi connectivity index (χ1n) is 6.50. The number of hydrogen-bond acceptors (Lipinski definition) is 3. The van der Waals surface area contributed by atoms with E-state index in [0.717, 1.165) is 12.0 Å². The second-order valence-corrected chi connectivity index (χ2v) is 6.17. The maximum atomic E-state index is 12.0. The number of sulfonamides is 1. The van der Waals surface area contributed by atoms with Crippen LogP contribution < -0.4 is 10.0 Å². The van der Waals surface area contributed by atoms with Crippen molar-refractivity contribution in [2.75, 3.05) is 13.1 Å². The highest BCUT2D eigenvalue weighted by molar-refractivity contribution is 7.90. The molecular weight excluding hydrogens is 305 g/mol. The summed E-state index contributed by atoms with van der Waals surface area (Å²) in [6, 6.07) is 9.64. The van der Waals surface area contributed by atoms with E-state index in [4.69, 9.17) is 0 Å². The Kier molecular flexibility index (Phi) is 7.13. The smallest absolute Gasteiger partial charge is 0.308 e. The second kappa shape index (κ2) is 8.35. The molecule has 1 radical (unpaired) electrons. The summed E-state index contributed by atoms with van der Waals surface area (Å²) < 4.78 is 58.9. The molecular formula is C13H18F3N2O2S. The lowest BCUT2D eigenvalue weighted by Crippen LogP contribution is -2.36. The lowest BCUT2D eigenvalue weighted by atomic mass is 10.2. The van der Waals surface area contributed by atoms with Crippen molar-refractivity contribution in [3.05, 3.63) is 42.4 Å². The summed E-state index contributed by atoms with van der Waals surface area (Å²) in [7, 11) is -5.20. The summed E-state index contributed by atoms with van der Waals surface area (Å²) in [5.41, 5.74) is -4.20. The molecule has 1 rings (SSSR count). The minimum Gasteiger partial charge on any atom is -0.308 e. The average molecular weight is 323 g/mol. The van der Waals surface area contributed by atoms with Gasteiger partial charge in [0.1, 0.15) is 0 Å². The number of nitrogens with one attached hydrogen (secondary N) is 2. The summed E-state index contributed by atoms with van der Waals surface area (Å²) >= 11 is 0. The Morgan fingerprint density at radius 3 is 2.24 bits per heavy atom. The van der Waals surface area contributed by atoms with Gasteiger partial charge in [0.2, 0.25) is 0 Å². The SMILES string of the molecule is O=S(=O)(NCCCCCN[CH]c1ccccc1)C(F)(F)F. The first-order valence-corrected chi connectivity index (χ1v) is 7.99. The number of halogens is 3. The zero-order chi connectivity index (χ0) is 15.8. The van der Waals surface area contributed by atoms with E-state index in [1.54, 1.807) is 0 Å². The molecule has 0 bridgehead atoms. The molecule has 0 fully saturated rings. The van der Waals surface area contributed by atoms with Crippen molar-refractivity contribution in [3.8, 4) is 0 Å². The molecule has 0 spiro atoms. The summed E-state index contributed by atoms with van der Waals surface area (Å²) in [5, 5.41) is 3.09. The predicted octanol–water partition coefficient (Wildman–Crippen LogP) is 2.40. The Balaban J connectivity index is 2.03. The van der Waals surface area contributed by atoms with Gasteiger partial charge in [-0.05, 0) is 24.9 Å². The lowest BCUT2D eigenvalue weighted by molar-refractivity contribution is -0.0447. The minimum atomic E-state index is -5.24. The van der Waals surface area contributed by atoms with Gasteiger partial charge < -0.3 is 5.32 Å². The molecule has 0 saturated heterocycles. The molecule has 4 nitrogen and oxygen atoms in total. The summed E-state index contributed by atoms with van der Waals surface area (Å²) in [6.07, 6.45) is 1.75. The van der Waals surface area contributed by atoms with Gasteiger partial charge in [-0.3, -0.25) is 0 Å². The van der Waals surface area contributed by atoms with Crippen molar-refractivity contribution in [3.63, 3.8) is 0 Å². The predicted molar refractivity (Wildman–Crippen MR) is 74.7 cm³/mol. The Bertz CT molecular complexity index is 504. The van der Waals surface area contributed by atoms with Crippen molar-refractivity contribution < 1.29 is 21.6 Å². The third-order valence-corrected chi connectivity index (χ3v) is 3.86. The van der Waals surface area contributed by atoms with Gasteiger partial charge in [-0.15, -0.1) is 0 Å². The van der Waals surface area contributed by atoms with Crippen LogP contribution in [0.4, 0.5) is 13.2 Å². The largest absolute Gasteiger partial charge is 0.511 e. The van der Waals surface area contributed by atoms with E-state index in [1.807, 2.05) is 36.9 Å². The molecule has 0 atom stereocenters. The fourth-order valence-electron chi connectivity index (χ4n) is 1.56. The van der Waals surface area contributed by atoms with Gasteiger partial charge in [0.05, 0.1) is 6.54 Å². The molecule has 1 aromatic carbocycles. The highest BCUT2D eigenvalue weighted by atomic mass is 32.2. The van der Waals surface area contributed by atoms with Gasteiger partial charge >= 0.3 is 15.5 Å². The average Bonchev–Trinajstić information content (AvgIpc) is 2.41. The molecule has 0 unspecified atom stereocenters. The molecule has 8 heteroatoms. The third kappa shape index (κ3) is 6.92. The van der Waals surface area contributed by atoms with Gasteiger partial charge in [0, 0.05) is 6.54 Å². The van der Waals surface area contributed by atoms with E-state index < -0.39 is 15.5 Å². The molecule has 1 aromatic rings. The van der Waals surface area contributed by atoms with Gasteiger partial charge in [0.15, 0.2) is 0 Å². The summed E-state index contributed by atoms with van der Waals surface area (Å²) in [6.45, 7) is 2.33. The van der Waals surface area contributed by atoms with Gasteiger partial charge in [-0.25, -0.2) is 13.1 Å². The van der Waals surface area contributed by atoms with Crippen LogP contribution in [0.5, 0.6) is 0 Å². The fourth-order valence-corrected chi connectivity index (χ4v) is 2.13. The minimum absolute atomic E-state index is 0.204. The van der Waals surface area contributed by atoms with Crippen molar-refractivity contribution in [2.45, 2.75) is 24.8 Å². The Morgan fingerprint density at radius 1 is 1.00 bits per heavy atom. The number of hydrogen-bond donors (Lipinski definition) is 2. The van der Waals surface area contributed by atoms with E-state index >= 15 is 0 Å². The normalized spacial score (nSPS) is 12.5. The Hall–Kier alpha value is -1.12. The zero-order valence-corrected chi connectivity index (χ0v) is 12.2. The number of benzene rings is 1. The topological polar surface area (TPSA) is 58.2 Å². The molecule has 21 heavy (non-hydrogen) atoms. The van der Waals surface area contributed by atoms with E-state index in [2.05, 4.69) is 5.32 Å². The van der Waals surface area contributed by atoms with Gasteiger partial charge in [-0.2, -0.15) is 13.2 Å². The Morgan fingerprint density at radius 2 is 1.62 bits per heavy atom. The van der Waals surface area contributed by atoms with Crippen molar-refractivity contribution >= 4 is 10.0 Å².